The average Bonchev–Trinajstić information content (AvgIpc) is 2.48. The highest BCUT2D eigenvalue weighted by molar-refractivity contribution is 5.48. The molecule has 0 bridgehead atoms. The molecular formula is C15H26N4O2. The number of ether oxygens (including phenoxy) is 1. The molecule has 1 aliphatic rings. The van der Waals surface area contributed by atoms with Crippen molar-refractivity contribution in [2.24, 2.45) is 0 Å². The first kappa shape index (κ1) is 16.0. The van der Waals surface area contributed by atoms with Crippen molar-refractivity contribution in [3.63, 3.8) is 0 Å². The molecule has 0 aliphatic heterocycles. The van der Waals surface area contributed by atoms with E-state index in [2.05, 4.69) is 27.5 Å². The van der Waals surface area contributed by atoms with Crippen molar-refractivity contribution in [1.82, 2.24) is 9.97 Å². The summed E-state index contributed by atoms with van der Waals surface area (Å²) < 4.78 is 5.12. The number of aromatic nitrogens is 2. The van der Waals surface area contributed by atoms with Gasteiger partial charge in [0.05, 0.1) is 12.1 Å². The summed E-state index contributed by atoms with van der Waals surface area (Å²) in [6.07, 6.45) is 4.81. The summed E-state index contributed by atoms with van der Waals surface area (Å²) in [5.74, 6) is 2.19. The van der Waals surface area contributed by atoms with E-state index in [4.69, 9.17) is 4.74 Å². The summed E-state index contributed by atoms with van der Waals surface area (Å²) in [6.45, 7) is 3.36. The lowest BCUT2D eigenvalue weighted by Gasteiger charge is -2.29. The molecular weight excluding hydrogens is 268 g/mol. The number of aliphatic hydroxyl groups is 1. The molecule has 1 saturated carbocycles. The Bertz CT molecular complexity index is 442. The molecule has 0 aromatic carbocycles. The lowest BCUT2D eigenvalue weighted by Crippen LogP contribution is -2.36. The molecule has 1 aliphatic carbocycles. The third kappa shape index (κ3) is 4.82. The summed E-state index contributed by atoms with van der Waals surface area (Å²) >= 11 is 0. The number of methoxy groups -OCH3 is 1. The lowest BCUT2D eigenvalue weighted by atomic mass is 9.92. The van der Waals surface area contributed by atoms with Crippen molar-refractivity contribution >= 4 is 11.6 Å². The molecule has 2 unspecified atom stereocenters. The van der Waals surface area contributed by atoms with Gasteiger partial charge in [0, 0.05) is 19.7 Å². The Morgan fingerprint density at radius 3 is 2.76 bits per heavy atom. The summed E-state index contributed by atoms with van der Waals surface area (Å²) in [6, 6.07) is 1.97. The van der Waals surface area contributed by atoms with Gasteiger partial charge < -0.3 is 20.5 Å². The standard InChI is InChI=1S/C15H26N4O2/c1-3-8-16-13-9-14(19-15(18-13)10-21-2)17-11-6-4-5-7-12(11)20/h9,11-12,20H,3-8,10H2,1-2H3,(H2,16,17,18,19). The minimum absolute atomic E-state index is 0.0723. The third-order valence-electron chi connectivity index (χ3n) is 3.66. The number of hydrogen-bond acceptors (Lipinski definition) is 6. The van der Waals surface area contributed by atoms with Crippen LogP contribution in [-0.4, -0.2) is 40.9 Å². The van der Waals surface area contributed by atoms with Gasteiger partial charge in [0.2, 0.25) is 0 Å². The molecule has 1 heterocycles. The van der Waals surface area contributed by atoms with E-state index in [-0.39, 0.29) is 12.1 Å². The maximum Gasteiger partial charge on any atom is 0.158 e. The van der Waals surface area contributed by atoms with Crippen LogP contribution in [0.15, 0.2) is 6.07 Å². The highest BCUT2D eigenvalue weighted by Crippen LogP contribution is 2.22. The van der Waals surface area contributed by atoms with Crippen LogP contribution in [-0.2, 0) is 11.3 Å². The molecule has 1 aromatic rings. The van der Waals surface area contributed by atoms with Crippen LogP contribution < -0.4 is 10.6 Å². The molecule has 21 heavy (non-hydrogen) atoms. The second-order valence-electron chi connectivity index (χ2n) is 5.52. The van der Waals surface area contributed by atoms with Crippen molar-refractivity contribution in [3.8, 4) is 0 Å². The predicted molar refractivity (Wildman–Crippen MR) is 83.4 cm³/mol. The Balaban J connectivity index is 2.10. The zero-order valence-corrected chi connectivity index (χ0v) is 12.9. The largest absolute Gasteiger partial charge is 0.391 e. The van der Waals surface area contributed by atoms with Crippen molar-refractivity contribution in [1.29, 1.82) is 0 Å². The number of nitrogens with one attached hydrogen (secondary N) is 2. The number of hydrogen-bond donors (Lipinski definition) is 3. The molecule has 1 fully saturated rings. The normalized spacial score (nSPS) is 22.0. The number of anilines is 2. The number of aliphatic hydroxyl groups excluding tert-OH is 1. The summed E-state index contributed by atoms with van der Waals surface area (Å²) in [7, 11) is 1.63. The Morgan fingerprint density at radius 2 is 2.05 bits per heavy atom. The SMILES string of the molecule is CCCNc1cc(NC2CCCCC2O)nc(COC)n1. The van der Waals surface area contributed by atoms with Gasteiger partial charge in [-0.05, 0) is 19.3 Å². The molecule has 3 N–H and O–H groups in total. The van der Waals surface area contributed by atoms with Crippen molar-refractivity contribution in [2.75, 3.05) is 24.3 Å². The van der Waals surface area contributed by atoms with Gasteiger partial charge in [0.25, 0.3) is 0 Å². The first-order valence-electron chi connectivity index (χ1n) is 7.78. The van der Waals surface area contributed by atoms with Gasteiger partial charge in [-0.3, -0.25) is 0 Å². The van der Waals surface area contributed by atoms with Gasteiger partial charge in [0.15, 0.2) is 5.82 Å². The second-order valence-corrected chi connectivity index (χ2v) is 5.52. The number of rotatable bonds is 7. The van der Waals surface area contributed by atoms with E-state index in [1.54, 1.807) is 7.11 Å². The zero-order chi connectivity index (χ0) is 15.1. The van der Waals surface area contributed by atoms with E-state index < -0.39 is 0 Å². The monoisotopic (exact) mass is 294 g/mol. The minimum Gasteiger partial charge on any atom is -0.391 e. The van der Waals surface area contributed by atoms with E-state index in [1.165, 1.54) is 0 Å². The molecule has 118 valence electrons. The third-order valence-corrected chi connectivity index (χ3v) is 3.66. The maximum atomic E-state index is 10.1. The van der Waals surface area contributed by atoms with Crippen LogP contribution in [0.2, 0.25) is 0 Å². The van der Waals surface area contributed by atoms with Gasteiger partial charge in [-0.25, -0.2) is 9.97 Å². The fourth-order valence-electron chi connectivity index (χ4n) is 2.58. The molecule has 0 spiro atoms. The van der Waals surface area contributed by atoms with E-state index in [1.807, 2.05) is 6.07 Å². The lowest BCUT2D eigenvalue weighted by molar-refractivity contribution is 0.116. The molecule has 2 rings (SSSR count). The summed E-state index contributed by atoms with van der Waals surface area (Å²) in [4.78, 5) is 8.88. The minimum atomic E-state index is -0.299. The van der Waals surface area contributed by atoms with Crippen LogP contribution in [0.3, 0.4) is 0 Å². The van der Waals surface area contributed by atoms with Gasteiger partial charge in [-0.2, -0.15) is 0 Å². The van der Waals surface area contributed by atoms with Crippen LogP contribution in [0.1, 0.15) is 44.9 Å². The Hall–Kier alpha value is -1.40. The Labute approximate surface area is 126 Å². The molecule has 6 heteroatoms. The van der Waals surface area contributed by atoms with Gasteiger partial charge in [0.1, 0.15) is 18.2 Å². The van der Waals surface area contributed by atoms with Crippen molar-refractivity contribution in [2.45, 2.75) is 57.8 Å². The van der Waals surface area contributed by atoms with Crippen LogP contribution in [0, 0.1) is 0 Å². The topological polar surface area (TPSA) is 79.3 Å². The van der Waals surface area contributed by atoms with Crippen LogP contribution >= 0.6 is 0 Å². The van der Waals surface area contributed by atoms with Crippen molar-refractivity contribution < 1.29 is 9.84 Å². The molecule has 6 nitrogen and oxygen atoms in total. The Morgan fingerprint density at radius 1 is 1.29 bits per heavy atom. The molecule has 2 atom stereocenters. The fraction of sp³-hybridized carbons (Fsp3) is 0.733. The van der Waals surface area contributed by atoms with Crippen LogP contribution in [0.5, 0.6) is 0 Å². The highest BCUT2D eigenvalue weighted by atomic mass is 16.5. The van der Waals surface area contributed by atoms with Gasteiger partial charge in [-0.1, -0.05) is 19.8 Å². The summed E-state index contributed by atoms with van der Waals surface area (Å²) in [5, 5.41) is 16.7. The predicted octanol–water partition coefficient (Wildman–Crippen LogP) is 2.16. The molecule has 0 radical (unpaired) electrons. The quantitative estimate of drug-likeness (QED) is 0.715. The highest BCUT2D eigenvalue weighted by Gasteiger charge is 2.23. The van der Waals surface area contributed by atoms with Crippen LogP contribution in [0.25, 0.3) is 0 Å². The molecule has 1 aromatic heterocycles. The second kappa shape index (κ2) is 8.14. The van der Waals surface area contributed by atoms with Crippen molar-refractivity contribution in [3.05, 3.63) is 11.9 Å². The Kier molecular flexibility index (Phi) is 6.20. The smallest absolute Gasteiger partial charge is 0.158 e. The maximum absolute atomic E-state index is 10.1. The molecule has 0 amide bonds. The van der Waals surface area contributed by atoms with Crippen LogP contribution in [0.4, 0.5) is 11.6 Å². The first-order valence-corrected chi connectivity index (χ1v) is 7.78. The van der Waals surface area contributed by atoms with E-state index in [0.717, 1.165) is 50.3 Å². The van der Waals surface area contributed by atoms with E-state index in [9.17, 15) is 5.11 Å². The van der Waals surface area contributed by atoms with E-state index >= 15 is 0 Å². The van der Waals surface area contributed by atoms with Gasteiger partial charge in [-0.15, -0.1) is 0 Å². The van der Waals surface area contributed by atoms with Gasteiger partial charge >= 0.3 is 0 Å². The van der Waals surface area contributed by atoms with E-state index in [0.29, 0.717) is 12.4 Å². The number of nitrogens with zero attached hydrogens (tertiary/aromatic N) is 2. The molecule has 0 saturated heterocycles. The zero-order valence-electron chi connectivity index (χ0n) is 12.9. The first-order chi connectivity index (χ1) is 10.2. The summed E-state index contributed by atoms with van der Waals surface area (Å²) in [5.41, 5.74) is 0. The average molecular weight is 294 g/mol. The fourth-order valence-corrected chi connectivity index (χ4v) is 2.58.